The van der Waals surface area contributed by atoms with Gasteiger partial charge in [-0.15, -0.1) is 0 Å². The lowest BCUT2D eigenvalue weighted by Gasteiger charge is -2.26. The maximum absolute atomic E-state index is 12.5. The number of benzene rings is 1. The molecule has 0 aromatic heterocycles. The molecule has 1 aromatic rings. The number of carbonyl (C=O) groups is 2. The molecule has 1 atom stereocenters. The van der Waals surface area contributed by atoms with E-state index in [4.69, 9.17) is 0 Å². The average Bonchev–Trinajstić information content (AvgIpc) is 2.54. The molecule has 2 amide bonds. The molecule has 1 aromatic carbocycles. The first-order chi connectivity index (χ1) is 8.84. The van der Waals surface area contributed by atoms with Crippen molar-refractivity contribution in [1.82, 2.24) is 4.90 Å². The van der Waals surface area contributed by atoms with Gasteiger partial charge in [-0.3, -0.25) is 14.5 Å². The molecule has 1 aliphatic rings. The normalized spacial score (nSPS) is 23.5. The van der Waals surface area contributed by atoms with Crippen molar-refractivity contribution in [3.05, 3.63) is 34.3 Å². The predicted octanol–water partition coefficient (Wildman–Crippen LogP) is 3.37. The highest BCUT2D eigenvalue weighted by Gasteiger charge is 2.49. The lowest BCUT2D eigenvalue weighted by atomic mass is 9.78. The molecule has 1 heterocycles. The van der Waals surface area contributed by atoms with E-state index in [1.165, 1.54) is 4.90 Å². The smallest absolute Gasteiger partial charge is 0.236 e. The molecule has 2 rings (SSSR count). The van der Waals surface area contributed by atoms with Crippen molar-refractivity contribution >= 4 is 27.7 Å². The number of likely N-dealkylation sites (tertiary alicyclic amines) is 1. The summed E-state index contributed by atoms with van der Waals surface area (Å²) in [6, 6.07) is 7.70. The van der Waals surface area contributed by atoms with Crippen molar-refractivity contribution in [3.8, 4) is 0 Å². The van der Waals surface area contributed by atoms with Gasteiger partial charge >= 0.3 is 0 Å². The van der Waals surface area contributed by atoms with Crippen LogP contribution in [0.25, 0.3) is 0 Å². The zero-order valence-corrected chi connectivity index (χ0v) is 13.0. The third-order valence-corrected chi connectivity index (χ3v) is 4.55. The number of nitrogens with zero attached hydrogens (tertiary/aromatic N) is 1. The lowest BCUT2D eigenvalue weighted by Crippen LogP contribution is -2.36. The number of amides is 2. The van der Waals surface area contributed by atoms with Gasteiger partial charge in [0, 0.05) is 10.9 Å². The molecular formula is C15H18BrNO2. The zero-order chi connectivity index (χ0) is 14.2. The van der Waals surface area contributed by atoms with Gasteiger partial charge in [-0.25, -0.2) is 0 Å². The number of hydrogen-bond acceptors (Lipinski definition) is 2. The molecule has 0 radical (unpaired) electrons. The van der Waals surface area contributed by atoms with E-state index in [0.717, 1.165) is 10.0 Å². The van der Waals surface area contributed by atoms with Crippen molar-refractivity contribution in [2.24, 2.45) is 11.3 Å². The molecule has 0 spiro atoms. The van der Waals surface area contributed by atoms with Crippen LogP contribution in [-0.4, -0.2) is 16.7 Å². The minimum absolute atomic E-state index is 0.0486. The maximum atomic E-state index is 12.5. The first-order valence-corrected chi connectivity index (χ1v) is 7.23. The highest BCUT2D eigenvalue weighted by Crippen LogP contribution is 2.39. The van der Waals surface area contributed by atoms with Gasteiger partial charge in [-0.1, -0.05) is 41.9 Å². The molecule has 3 nitrogen and oxygen atoms in total. The summed E-state index contributed by atoms with van der Waals surface area (Å²) < 4.78 is 0.954. The Morgan fingerprint density at radius 3 is 2.58 bits per heavy atom. The van der Waals surface area contributed by atoms with Crippen LogP contribution in [0.5, 0.6) is 0 Å². The van der Waals surface area contributed by atoms with Crippen LogP contribution in [0.1, 0.15) is 32.8 Å². The molecule has 1 fully saturated rings. The fourth-order valence-corrected chi connectivity index (χ4v) is 2.78. The van der Waals surface area contributed by atoms with E-state index < -0.39 is 5.41 Å². The number of carbonyl (C=O) groups excluding carboxylic acids is 2. The Hall–Kier alpha value is -1.16. The van der Waals surface area contributed by atoms with E-state index >= 15 is 0 Å². The lowest BCUT2D eigenvalue weighted by molar-refractivity contribution is -0.142. The summed E-state index contributed by atoms with van der Waals surface area (Å²) in [5.74, 6) is 0.0464. The standard InChI is InChI=1S/C15H18BrNO2/c1-10(2)15(3)8-13(18)17(14(15)19)9-11-5-4-6-12(16)7-11/h4-7,10H,8-9H2,1-3H3. The largest absolute Gasteiger partial charge is 0.278 e. The van der Waals surface area contributed by atoms with Gasteiger partial charge in [0.05, 0.1) is 12.0 Å². The number of rotatable bonds is 3. The van der Waals surface area contributed by atoms with Gasteiger partial charge in [-0.05, 0) is 30.5 Å². The van der Waals surface area contributed by atoms with Crippen LogP contribution in [-0.2, 0) is 16.1 Å². The SMILES string of the molecule is CC(C)C1(C)CC(=O)N(Cc2cccc(Br)c2)C1=O. The van der Waals surface area contributed by atoms with E-state index in [0.29, 0.717) is 13.0 Å². The van der Waals surface area contributed by atoms with Crippen molar-refractivity contribution in [3.63, 3.8) is 0 Å². The van der Waals surface area contributed by atoms with E-state index in [1.54, 1.807) is 0 Å². The summed E-state index contributed by atoms with van der Waals surface area (Å²) in [6.07, 6.45) is 0.317. The Labute approximate surface area is 122 Å². The Balaban J connectivity index is 2.22. The third-order valence-electron chi connectivity index (χ3n) is 4.06. The van der Waals surface area contributed by atoms with Gasteiger partial charge in [0.1, 0.15) is 0 Å². The Bertz CT molecular complexity index is 527. The Kier molecular flexibility index (Phi) is 3.81. The Morgan fingerprint density at radius 2 is 2.05 bits per heavy atom. The van der Waals surface area contributed by atoms with Gasteiger partial charge in [0.2, 0.25) is 11.8 Å². The quantitative estimate of drug-likeness (QED) is 0.800. The fraction of sp³-hybridized carbons (Fsp3) is 0.467. The molecule has 19 heavy (non-hydrogen) atoms. The highest BCUT2D eigenvalue weighted by atomic mass is 79.9. The van der Waals surface area contributed by atoms with E-state index in [1.807, 2.05) is 45.0 Å². The monoisotopic (exact) mass is 323 g/mol. The van der Waals surface area contributed by atoms with Gasteiger partial charge in [0.25, 0.3) is 0 Å². The Morgan fingerprint density at radius 1 is 1.37 bits per heavy atom. The molecule has 0 aliphatic carbocycles. The summed E-state index contributed by atoms with van der Waals surface area (Å²) >= 11 is 3.40. The first kappa shape index (κ1) is 14.3. The second-order valence-corrected chi connectivity index (χ2v) is 6.58. The minimum Gasteiger partial charge on any atom is -0.278 e. The number of hydrogen-bond donors (Lipinski definition) is 0. The molecule has 1 saturated heterocycles. The number of halogens is 1. The minimum atomic E-state index is -0.552. The van der Waals surface area contributed by atoms with Crippen LogP contribution < -0.4 is 0 Å². The van der Waals surface area contributed by atoms with Gasteiger partial charge in [-0.2, -0.15) is 0 Å². The molecule has 4 heteroatoms. The average molecular weight is 324 g/mol. The van der Waals surface area contributed by atoms with E-state index in [-0.39, 0.29) is 17.7 Å². The molecule has 1 aliphatic heterocycles. The first-order valence-electron chi connectivity index (χ1n) is 6.44. The van der Waals surface area contributed by atoms with Crippen LogP contribution in [0.2, 0.25) is 0 Å². The maximum Gasteiger partial charge on any atom is 0.236 e. The van der Waals surface area contributed by atoms with Gasteiger partial charge < -0.3 is 0 Å². The topological polar surface area (TPSA) is 37.4 Å². The predicted molar refractivity (Wildman–Crippen MR) is 77.3 cm³/mol. The van der Waals surface area contributed by atoms with Crippen molar-refractivity contribution in [2.45, 2.75) is 33.7 Å². The third kappa shape index (κ3) is 2.59. The summed E-state index contributed by atoms with van der Waals surface area (Å²) in [6.45, 7) is 6.24. The van der Waals surface area contributed by atoms with Crippen molar-refractivity contribution in [2.75, 3.05) is 0 Å². The van der Waals surface area contributed by atoms with E-state index in [2.05, 4.69) is 15.9 Å². The van der Waals surface area contributed by atoms with Gasteiger partial charge in [0.15, 0.2) is 0 Å². The highest BCUT2D eigenvalue weighted by molar-refractivity contribution is 9.10. The van der Waals surface area contributed by atoms with Crippen LogP contribution in [0.15, 0.2) is 28.7 Å². The molecule has 0 saturated carbocycles. The van der Waals surface area contributed by atoms with Crippen molar-refractivity contribution < 1.29 is 9.59 Å². The zero-order valence-electron chi connectivity index (χ0n) is 11.4. The summed E-state index contributed by atoms with van der Waals surface area (Å²) in [5.41, 5.74) is 0.410. The molecule has 102 valence electrons. The molecule has 0 bridgehead atoms. The summed E-state index contributed by atoms with van der Waals surface area (Å²) in [7, 11) is 0. The summed E-state index contributed by atoms with van der Waals surface area (Å²) in [4.78, 5) is 25.9. The van der Waals surface area contributed by atoms with Crippen molar-refractivity contribution in [1.29, 1.82) is 0 Å². The van der Waals surface area contributed by atoms with E-state index in [9.17, 15) is 9.59 Å². The summed E-state index contributed by atoms with van der Waals surface area (Å²) in [5, 5.41) is 0. The molecule has 1 unspecified atom stereocenters. The van der Waals surface area contributed by atoms with Crippen LogP contribution >= 0.6 is 15.9 Å². The molecule has 0 N–H and O–H groups in total. The van der Waals surface area contributed by atoms with Crippen LogP contribution in [0, 0.1) is 11.3 Å². The van der Waals surface area contributed by atoms with Crippen LogP contribution in [0.3, 0.4) is 0 Å². The fourth-order valence-electron chi connectivity index (χ4n) is 2.34. The second kappa shape index (κ2) is 5.08. The second-order valence-electron chi connectivity index (χ2n) is 5.66. The van der Waals surface area contributed by atoms with Crippen LogP contribution in [0.4, 0.5) is 0 Å². The number of imide groups is 1. The molecular weight excluding hydrogens is 306 g/mol.